The molecular weight excluding hydrogens is 526 g/mol. The molecule has 0 saturated carbocycles. The molecule has 3 aromatic rings. The number of alkyl halides is 3. The topological polar surface area (TPSA) is 89.2 Å². The Morgan fingerprint density at radius 1 is 1.11 bits per heavy atom. The van der Waals surface area contributed by atoms with Crippen LogP contribution in [0.1, 0.15) is 23.1 Å². The van der Waals surface area contributed by atoms with E-state index in [2.05, 4.69) is 4.74 Å². The molecule has 1 aliphatic rings. The number of ketones is 1. The van der Waals surface area contributed by atoms with Crippen LogP contribution in [0.25, 0.3) is 5.76 Å². The predicted molar refractivity (Wildman–Crippen MR) is 124 cm³/mol. The van der Waals surface area contributed by atoms with Crippen LogP contribution in [0.3, 0.4) is 0 Å². The number of halogens is 5. The van der Waals surface area contributed by atoms with Gasteiger partial charge in [-0.3, -0.25) is 14.5 Å². The van der Waals surface area contributed by atoms with Crippen molar-refractivity contribution < 1.29 is 41.8 Å². The molecule has 0 aliphatic carbocycles. The van der Waals surface area contributed by atoms with Crippen LogP contribution in [0.5, 0.6) is 11.5 Å². The van der Waals surface area contributed by atoms with E-state index in [1.807, 2.05) is 0 Å². The van der Waals surface area contributed by atoms with E-state index in [0.717, 1.165) is 17.0 Å². The van der Waals surface area contributed by atoms with Crippen LogP contribution in [-0.2, 0) is 9.59 Å². The Hall–Kier alpha value is -3.63. The number of ether oxygens (including phenoxy) is 2. The minimum Gasteiger partial charge on any atom is -0.507 e. The lowest BCUT2D eigenvalue weighted by Gasteiger charge is -2.24. The van der Waals surface area contributed by atoms with Gasteiger partial charge in [-0.05, 0) is 43.3 Å². The van der Waals surface area contributed by atoms with E-state index >= 15 is 0 Å². The van der Waals surface area contributed by atoms with E-state index in [1.165, 1.54) is 37.4 Å². The molecule has 0 spiro atoms. The van der Waals surface area contributed by atoms with E-state index < -0.39 is 41.2 Å². The summed E-state index contributed by atoms with van der Waals surface area (Å²) in [7, 11) is 1.28. The van der Waals surface area contributed by atoms with Crippen LogP contribution in [0.15, 0.2) is 58.5 Å². The number of carbonyl (C=O) groups is 2. The number of aryl methyl sites for hydroxylation is 1. The number of hydrogen-bond acceptors (Lipinski definition) is 6. The number of rotatable bonds is 5. The van der Waals surface area contributed by atoms with Crippen molar-refractivity contribution in [2.24, 2.45) is 0 Å². The van der Waals surface area contributed by atoms with Crippen LogP contribution < -0.4 is 14.4 Å². The maximum atomic E-state index is 13.2. The van der Waals surface area contributed by atoms with Crippen molar-refractivity contribution >= 4 is 46.3 Å². The van der Waals surface area contributed by atoms with E-state index in [9.17, 15) is 27.9 Å². The Bertz CT molecular complexity index is 1400. The van der Waals surface area contributed by atoms with E-state index in [-0.39, 0.29) is 32.8 Å². The molecule has 2 heterocycles. The van der Waals surface area contributed by atoms with Gasteiger partial charge in [0, 0.05) is 16.8 Å². The molecule has 2 aromatic carbocycles. The molecule has 4 rings (SSSR count). The Morgan fingerprint density at radius 2 is 1.83 bits per heavy atom. The molecular formula is C24H16Cl2F3NO6. The molecule has 1 aromatic heterocycles. The fourth-order valence-electron chi connectivity index (χ4n) is 3.89. The molecule has 1 N–H and O–H groups in total. The summed E-state index contributed by atoms with van der Waals surface area (Å²) < 4.78 is 53.2. The standard InChI is InChI=1S/C24H16Cl2F3NO6/c1-11-6-7-17(35-11)19-18(20(31)15-8-12(25)9-16(26)22(15)34-2)21(32)23(33)30(19)13-4-3-5-14(10-13)36-24(27,28)29/h3-10,19,31H,1-2H3/b20-18+. The molecule has 7 nitrogen and oxygen atoms in total. The van der Waals surface area contributed by atoms with E-state index in [1.54, 1.807) is 13.0 Å². The van der Waals surface area contributed by atoms with Crippen molar-refractivity contribution in [3.05, 3.63) is 81.2 Å². The highest BCUT2D eigenvalue weighted by atomic mass is 35.5. The molecule has 188 valence electrons. The number of carbonyl (C=O) groups excluding carboxylic acids is 2. The van der Waals surface area contributed by atoms with Gasteiger partial charge in [-0.2, -0.15) is 0 Å². The number of amides is 1. The summed E-state index contributed by atoms with van der Waals surface area (Å²) in [5.41, 5.74) is -0.586. The van der Waals surface area contributed by atoms with E-state index in [4.69, 9.17) is 32.4 Å². The minimum absolute atomic E-state index is 0.0142. The first-order valence-corrected chi connectivity index (χ1v) is 10.9. The number of furan rings is 1. The Balaban J connectivity index is 1.95. The van der Waals surface area contributed by atoms with Crippen molar-refractivity contribution in [2.45, 2.75) is 19.3 Å². The maximum Gasteiger partial charge on any atom is 0.573 e. The van der Waals surface area contributed by atoms with Gasteiger partial charge in [0.15, 0.2) is 0 Å². The number of hydrogen-bond donors (Lipinski definition) is 1. The first kappa shape index (κ1) is 25.5. The molecule has 1 atom stereocenters. The normalized spacial score (nSPS) is 17.5. The summed E-state index contributed by atoms with van der Waals surface area (Å²) in [5.74, 6) is -3.03. The van der Waals surface area contributed by atoms with Gasteiger partial charge in [0.05, 0.1) is 23.3 Å². The summed E-state index contributed by atoms with van der Waals surface area (Å²) >= 11 is 12.3. The number of methoxy groups -OCH3 is 1. The zero-order chi connectivity index (χ0) is 26.4. The first-order valence-electron chi connectivity index (χ1n) is 10.2. The van der Waals surface area contributed by atoms with Crippen molar-refractivity contribution in [1.82, 2.24) is 0 Å². The van der Waals surface area contributed by atoms with Crippen molar-refractivity contribution in [3.63, 3.8) is 0 Å². The van der Waals surface area contributed by atoms with Crippen molar-refractivity contribution in [2.75, 3.05) is 12.0 Å². The number of nitrogens with zero attached hydrogens (tertiary/aromatic N) is 1. The smallest absolute Gasteiger partial charge is 0.507 e. The molecule has 1 saturated heterocycles. The van der Waals surface area contributed by atoms with Gasteiger partial charge in [-0.15, -0.1) is 13.2 Å². The summed E-state index contributed by atoms with van der Waals surface area (Å²) in [4.78, 5) is 27.3. The summed E-state index contributed by atoms with van der Waals surface area (Å²) in [5, 5.41) is 11.4. The number of anilines is 1. The fraction of sp³-hybridized carbons (Fsp3) is 0.167. The third-order valence-electron chi connectivity index (χ3n) is 5.27. The van der Waals surface area contributed by atoms with E-state index in [0.29, 0.717) is 5.76 Å². The number of aliphatic hydroxyl groups excluding tert-OH is 1. The number of benzene rings is 2. The molecule has 1 unspecified atom stereocenters. The number of Topliss-reactive ketones (excluding diaryl/α,β-unsaturated/α-hetero) is 1. The van der Waals surface area contributed by atoms with Crippen LogP contribution >= 0.6 is 23.2 Å². The molecule has 0 bridgehead atoms. The van der Waals surface area contributed by atoms with Crippen LogP contribution in [0.2, 0.25) is 10.0 Å². The molecule has 1 aliphatic heterocycles. The fourth-order valence-corrected chi connectivity index (χ4v) is 4.46. The lowest BCUT2D eigenvalue weighted by atomic mass is 9.98. The highest BCUT2D eigenvalue weighted by Crippen LogP contribution is 2.45. The molecule has 0 radical (unpaired) electrons. The Labute approximate surface area is 212 Å². The lowest BCUT2D eigenvalue weighted by Crippen LogP contribution is -2.29. The second-order valence-corrected chi connectivity index (χ2v) is 8.47. The SMILES string of the molecule is COc1c(Cl)cc(Cl)cc1/C(O)=C1\C(=O)C(=O)N(c2cccc(OC(F)(F)F)c2)C1c1ccc(C)o1. The lowest BCUT2D eigenvalue weighted by molar-refractivity contribution is -0.274. The third kappa shape index (κ3) is 4.74. The van der Waals surface area contributed by atoms with Crippen LogP contribution in [0, 0.1) is 6.92 Å². The van der Waals surface area contributed by atoms with Crippen LogP contribution in [0.4, 0.5) is 18.9 Å². The van der Waals surface area contributed by atoms with Gasteiger partial charge in [-0.1, -0.05) is 29.3 Å². The van der Waals surface area contributed by atoms with Crippen molar-refractivity contribution in [3.8, 4) is 11.5 Å². The summed E-state index contributed by atoms with van der Waals surface area (Å²) in [6.45, 7) is 1.62. The van der Waals surface area contributed by atoms with Gasteiger partial charge in [-0.25, -0.2) is 0 Å². The van der Waals surface area contributed by atoms with Gasteiger partial charge < -0.3 is 19.0 Å². The average Bonchev–Trinajstić information content (AvgIpc) is 3.32. The largest absolute Gasteiger partial charge is 0.573 e. The third-order valence-corrected chi connectivity index (χ3v) is 5.77. The van der Waals surface area contributed by atoms with Gasteiger partial charge in [0.25, 0.3) is 11.7 Å². The Kier molecular flexibility index (Phi) is 6.68. The quantitative estimate of drug-likeness (QED) is 0.227. The molecule has 1 fully saturated rings. The highest BCUT2D eigenvalue weighted by Gasteiger charge is 2.49. The zero-order valence-electron chi connectivity index (χ0n) is 18.5. The predicted octanol–water partition coefficient (Wildman–Crippen LogP) is 6.43. The van der Waals surface area contributed by atoms with Gasteiger partial charge in [0.2, 0.25) is 0 Å². The molecule has 12 heteroatoms. The molecule has 36 heavy (non-hydrogen) atoms. The van der Waals surface area contributed by atoms with Crippen molar-refractivity contribution in [1.29, 1.82) is 0 Å². The average molecular weight is 542 g/mol. The number of aliphatic hydroxyl groups is 1. The van der Waals surface area contributed by atoms with Gasteiger partial charge in [0.1, 0.15) is 34.8 Å². The Morgan fingerprint density at radius 3 is 2.44 bits per heavy atom. The second kappa shape index (κ2) is 9.44. The highest BCUT2D eigenvalue weighted by molar-refractivity contribution is 6.51. The monoisotopic (exact) mass is 541 g/mol. The zero-order valence-corrected chi connectivity index (χ0v) is 20.0. The minimum atomic E-state index is -4.98. The second-order valence-electron chi connectivity index (χ2n) is 7.63. The molecule has 1 amide bonds. The summed E-state index contributed by atoms with van der Waals surface area (Å²) in [6.07, 6.45) is -4.98. The van der Waals surface area contributed by atoms with Gasteiger partial charge >= 0.3 is 6.36 Å². The maximum absolute atomic E-state index is 13.2. The van der Waals surface area contributed by atoms with Crippen LogP contribution in [-0.4, -0.2) is 30.3 Å². The first-order chi connectivity index (χ1) is 16.9. The summed E-state index contributed by atoms with van der Waals surface area (Å²) in [6, 6.07) is 8.86.